The highest BCUT2D eigenvalue weighted by atomic mass is 16.7. The van der Waals surface area contributed by atoms with E-state index in [1.807, 2.05) is 6.07 Å². The first kappa shape index (κ1) is 13.7. The van der Waals surface area contributed by atoms with E-state index < -0.39 is 6.29 Å². The summed E-state index contributed by atoms with van der Waals surface area (Å²) >= 11 is 0. The topological polar surface area (TPSA) is 55.8 Å². The van der Waals surface area contributed by atoms with Crippen molar-refractivity contribution in [2.45, 2.75) is 19.1 Å². The number of nitrogens with zero attached hydrogens (tertiary/aromatic N) is 1. The molecule has 1 aromatic carbocycles. The van der Waals surface area contributed by atoms with Gasteiger partial charge in [-0.15, -0.1) is 0 Å². The van der Waals surface area contributed by atoms with Crippen LogP contribution in [0.2, 0.25) is 0 Å². The largest absolute Gasteiger partial charge is 0.349 e. The van der Waals surface area contributed by atoms with Crippen molar-refractivity contribution in [2.24, 2.45) is 0 Å². The molecule has 0 unspecified atom stereocenters. The number of methoxy groups -OCH3 is 2. The molecule has 0 bridgehead atoms. The quantitative estimate of drug-likeness (QED) is 0.608. The number of ketones is 1. The van der Waals surface area contributed by atoms with Crippen LogP contribution in [0.4, 0.5) is 5.69 Å². The molecule has 102 valence electrons. The van der Waals surface area contributed by atoms with Gasteiger partial charge < -0.3 is 14.4 Å². The van der Waals surface area contributed by atoms with Gasteiger partial charge in [0.05, 0.1) is 0 Å². The molecular weight excluding hydrogens is 246 g/mol. The average molecular weight is 263 g/mol. The van der Waals surface area contributed by atoms with E-state index in [1.165, 1.54) is 14.2 Å². The fraction of sp³-hybridized carbons (Fsp3) is 0.429. The lowest BCUT2D eigenvalue weighted by Crippen LogP contribution is -2.31. The van der Waals surface area contributed by atoms with Gasteiger partial charge in [-0.3, -0.25) is 9.59 Å². The molecule has 1 amide bonds. The van der Waals surface area contributed by atoms with Gasteiger partial charge in [0, 0.05) is 38.9 Å². The first-order chi connectivity index (χ1) is 9.08. The molecule has 1 heterocycles. The lowest BCUT2D eigenvalue weighted by molar-refractivity contribution is -0.118. The first-order valence-corrected chi connectivity index (χ1v) is 6.07. The molecule has 5 nitrogen and oxygen atoms in total. The molecule has 0 radical (unpaired) electrons. The second-order valence-corrected chi connectivity index (χ2v) is 4.46. The minimum absolute atomic E-state index is 0.0956. The smallest absolute Gasteiger partial charge is 0.227 e. The van der Waals surface area contributed by atoms with Gasteiger partial charge in [-0.25, -0.2) is 0 Å². The number of hydrogen-bond donors (Lipinski definition) is 0. The number of hydrogen-bond acceptors (Lipinski definition) is 4. The molecule has 1 aromatic rings. The van der Waals surface area contributed by atoms with Crippen molar-refractivity contribution in [1.29, 1.82) is 0 Å². The number of carbonyl (C=O) groups is 2. The van der Waals surface area contributed by atoms with Crippen LogP contribution in [0.5, 0.6) is 0 Å². The molecule has 19 heavy (non-hydrogen) atoms. The summed E-state index contributed by atoms with van der Waals surface area (Å²) in [4.78, 5) is 25.3. The molecule has 1 aliphatic rings. The summed E-state index contributed by atoms with van der Waals surface area (Å²) in [5, 5.41) is 0. The van der Waals surface area contributed by atoms with Crippen molar-refractivity contribution >= 4 is 17.4 Å². The number of fused-ring (bicyclic) bond motifs is 1. The Kier molecular flexibility index (Phi) is 3.97. The number of ether oxygens (including phenoxy) is 2. The number of carbonyl (C=O) groups excluding carboxylic acids is 2. The third-order valence-corrected chi connectivity index (χ3v) is 3.35. The molecule has 5 heteroatoms. The Bertz CT molecular complexity index is 508. The van der Waals surface area contributed by atoms with Crippen LogP contribution >= 0.6 is 0 Å². The number of Topliss-reactive ketones (excluding diaryl/α,β-unsaturated/α-hetero) is 1. The second-order valence-electron chi connectivity index (χ2n) is 4.46. The van der Waals surface area contributed by atoms with Gasteiger partial charge in [0.15, 0.2) is 0 Å². The molecule has 2 rings (SSSR count). The maximum atomic E-state index is 12.1. The monoisotopic (exact) mass is 263 g/mol. The van der Waals surface area contributed by atoms with Crippen molar-refractivity contribution < 1.29 is 19.1 Å². The molecule has 0 saturated carbocycles. The third-order valence-electron chi connectivity index (χ3n) is 3.35. The Labute approximate surface area is 112 Å². The Balaban J connectivity index is 2.32. The Hall–Kier alpha value is -1.72. The molecule has 0 atom stereocenters. The van der Waals surface area contributed by atoms with Crippen LogP contribution in [0, 0.1) is 0 Å². The lowest BCUT2D eigenvalue weighted by Gasteiger charge is -2.26. The molecule has 0 spiro atoms. The van der Waals surface area contributed by atoms with Crippen LogP contribution in [0.3, 0.4) is 0 Å². The molecule has 0 aromatic heterocycles. The third kappa shape index (κ3) is 2.52. The fourth-order valence-electron chi connectivity index (χ4n) is 2.26. The van der Waals surface area contributed by atoms with Crippen molar-refractivity contribution in [1.82, 2.24) is 0 Å². The maximum absolute atomic E-state index is 12.1. The Morgan fingerprint density at radius 3 is 2.58 bits per heavy atom. The van der Waals surface area contributed by atoms with Gasteiger partial charge in [-0.05, 0) is 30.2 Å². The number of benzene rings is 1. The second kappa shape index (κ2) is 5.50. The summed E-state index contributed by atoms with van der Waals surface area (Å²) in [5.74, 6) is -0.120. The zero-order chi connectivity index (χ0) is 14.0. The molecule has 0 N–H and O–H groups in total. The van der Waals surface area contributed by atoms with Gasteiger partial charge >= 0.3 is 0 Å². The van der Waals surface area contributed by atoms with E-state index in [0.29, 0.717) is 18.4 Å². The summed E-state index contributed by atoms with van der Waals surface area (Å²) in [6.07, 6.45) is 0.240. The highest BCUT2D eigenvalue weighted by Gasteiger charge is 2.24. The molecule has 0 aliphatic carbocycles. The van der Waals surface area contributed by atoms with E-state index in [1.54, 1.807) is 24.1 Å². The lowest BCUT2D eigenvalue weighted by atomic mass is 9.97. The molecule has 1 aliphatic heterocycles. The predicted molar refractivity (Wildman–Crippen MR) is 70.3 cm³/mol. The van der Waals surface area contributed by atoms with Crippen molar-refractivity contribution in [3.8, 4) is 0 Å². The van der Waals surface area contributed by atoms with E-state index in [9.17, 15) is 9.59 Å². The van der Waals surface area contributed by atoms with Gasteiger partial charge in [-0.2, -0.15) is 0 Å². The van der Waals surface area contributed by atoms with E-state index in [-0.39, 0.29) is 11.7 Å². The minimum Gasteiger partial charge on any atom is -0.349 e. The number of amides is 1. The number of rotatable bonds is 4. The van der Waals surface area contributed by atoms with Gasteiger partial charge in [0.1, 0.15) is 0 Å². The van der Waals surface area contributed by atoms with Crippen LogP contribution in [-0.4, -0.2) is 39.2 Å². The van der Waals surface area contributed by atoms with Gasteiger partial charge in [0.2, 0.25) is 18.0 Å². The summed E-state index contributed by atoms with van der Waals surface area (Å²) in [6.45, 7) is 0. The van der Waals surface area contributed by atoms with Crippen molar-refractivity contribution in [2.75, 3.05) is 26.2 Å². The summed E-state index contributed by atoms with van der Waals surface area (Å²) in [6, 6.07) is 5.30. The highest BCUT2D eigenvalue weighted by molar-refractivity contribution is 6.01. The van der Waals surface area contributed by atoms with E-state index >= 15 is 0 Å². The van der Waals surface area contributed by atoms with Gasteiger partial charge in [-0.1, -0.05) is 0 Å². The van der Waals surface area contributed by atoms with Crippen LogP contribution < -0.4 is 4.90 Å². The highest BCUT2D eigenvalue weighted by Crippen LogP contribution is 2.28. The van der Waals surface area contributed by atoms with E-state index in [0.717, 1.165) is 11.3 Å². The van der Waals surface area contributed by atoms with Crippen LogP contribution in [-0.2, 0) is 20.7 Å². The molecule has 0 saturated heterocycles. The zero-order valence-electron chi connectivity index (χ0n) is 11.3. The Morgan fingerprint density at radius 1 is 1.26 bits per heavy atom. The van der Waals surface area contributed by atoms with Crippen LogP contribution in [0.15, 0.2) is 18.2 Å². The normalized spacial score (nSPS) is 14.7. The SMILES string of the molecule is COC(OC)C(=O)c1ccc2c(c1)CCC(=O)N2C. The average Bonchev–Trinajstić information content (AvgIpc) is 2.44. The maximum Gasteiger partial charge on any atom is 0.227 e. The summed E-state index contributed by atoms with van der Waals surface area (Å²) in [5.41, 5.74) is 2.40. The number of aryl methyl sites for hydroxylation is 1. The molecule has 0 fully saturated rings. The zero-order valence-corrected chi connectivity index (χ0v) is 11.3. The Morgan fingerprint density at radius 2 is 1.95 bits per heavy atom. The van der Waals surface area contributed by atoms with Crippen molar-refractivity contribution in [3.05, 3.63) is 29.3 Å². The van der Waals surface area contributed by atoms with Gasteiger partial charge in [0.25, 0.3) is 0 Å². The van der Waals surface area contributed by atoms with Crippen LogP contribution in [0.25, 0.3) is 0 Å². The van der Waals surface area contributed by atoms with Crippen LogP contribution in [0.1, 0.15) is 22.3 Å². The minimum atomic E-state index is -0.888. The number of anilines is 1. The fourth-order valence-corrected chi connectivity index (χ4v) is 2.26. The summed E-state index contributed by atoms with van der Waals surface area (Å²) < 4.78 is 9.92. The first-order valence-electron chi connectivity index (χ1n) is 6.07. The van der Waals surface area contributed by atoms with E-state index in [4.69, 9.17) is 9.47 Å². The predicted octanol–water partition coefficient (Wildman–Crippen LogP) is 1.40. The van der Waals surface area contributed by atoms with E-state index in [2.05, 4.69) is 0 Å². The summed E-state index contributed by atoms with van der Waals surface area (Å²) in [7, 11) is 4.60. The van der Waals surface area contributed by atoms with Crippen molar-refractivity contribution in [3.63, 3.8) is 0 Å². The standard InChI is InChI=1S/C14H17NO4/c1-15-11-6-4-10(13(17)14(18-2)19-3)8-9(11)5-7-12(15)16/h4,6,8,14H,5,7H2,1-3H3. The molecular formula is C14H17NO4.